The van der Waals surface area contributed by atoms with Crippen molar-refractivity contribution in [3.63, 3.8) is 0 Å². The zero-order chi connectivity index (χ0) is 22.0. The van der Waals surface area contributed by atoms with Crippen LogP contribution in [0.25, 0.3) is 0 Å². The maximum Gasteiger partial charge on any atom is 0.231 e. The molecule has 0 saturated carbocycles. The van der Waals surface area contributed by atoms with Gasteiger partial charge in [0.15, 0.2) is 23.0 Å². The van der Waals surface area contributed by atoms with Crippen molar-refractivity contribution in [2.45, 2.75) is 31.7 Å². The van der Waals surface area contributed by atoms with E-state index in [2.05, 4.69) is 17.1 Å². The number of ether oxygens (including phenoxy) is 4. The number of likely N-dealkylation sites (N-methyl/N-ethyl adjacent to an activating group) is 1. The van der Waals surface area contributed by atoms with Gasteiger partial charge < -0.3 is 29.3 Å². The van der Waals surface area contributed by atoms with E-state index in [9.17, 15) is 10.3 Å². The predicted octanol–water partition coefficient (Wildman–Crippen LogP) is 3.52. The third-order valence-corrected chi connectivity index (χ3v) is 6.06. The van der Waals surface area contributed by atoms with Gasteiger partial charge in [-0.25, -0.2) is 0 Å². The molecule has 2 aromatic carbocycles. The van der Waals surface area contributed by atoms with Crippen LogP contribution in [0.15, 0.2) is 29.4 Å². The minimum Gasteiger partial charge on any atom is -0.504 e. The molecule has 166 valence electrons. The summed E-state index contributed by atoms with van der Waals surface area (Å²) in [6.07, 6.45) is 2.69. The Balaban J connectivity index is 1.56. The van der Waals surface area contributed by atoms with Crippen molar-refractivity contribution in [3.8, 4) is 28.7 Å². The van der Waals surface area contributed by atoms with Crippen LogP contribution in [0.2, 0.25) is 0 Å². The van der Waals surface area contributed by atoms with Gasteiger partial charge in [0.05, 0.1) is 19.9 Å². The van der Waals surface area contributed by atoms with Crippen LogP contribution in [0, 0.1) is 0 Å². The first-order chi connectivity index (χ1) is 15.0. The molecule has 0 amide bonds. The highest BCUT2D eigenvalue weighted by molar-refractivity contribution is 5.85. The molecular formula is C23H28N2O6. The third kappa shape index (κ3) is 4.07. The van der Waals surface area contributed by atoms with E-state index < -0.39 is 0 Å². The number of hydrogen-bond acceptors (Lipinski definition) is 8. The zero-order valence-corrected chi connectivity index (χ0v) is 18.1. The lowest BCUT2D eigenvalue weighted by molar-refractivity contribution is 0.170. The van der Waals surface area contributed by atoms with E-state index in [1.807, 2.05) is 12.1 Å². The lowest BCUT2D eigenvalue weighted by atomic mass is 9.87. The summed E-state index contributed by atoms with van der Waals surface area (Å²) < 4.78 is 22.2. The van der Waals surface area contributed by atoms with Gasteiger partial charge in [0, 0.05) is 24.6 Å². The van der Waals surface area contributed by atoms with Crippen molar-refractivity contribution >= 4 is 5.71 Å². The molecule has 0 radical (unpaired) electrons. The lowest BCUT2D eigenvalue weighted by Gasteiger charge is -2.36. The monoisotopic (exact) mass is 428 g/mol. The van der Waals surface area contributed by atoms with E-state index in [-0.39, 0.29) is 18.6 Å². The second-order valence-corrected chi connectivity index (χ2v) is 7.84. The van der Waals surface area contributed by atoms with Gasteiger partial charge in [-0.3, -0.25) is 4.90 Å². The van der Waals surface area contributed by atoms with Crippen LogP contribution in [-0.2, 0) is 12.8 Å². The highest BCUT2D eigenvalue weighted by atomic mass is 16.7. The van der Waals surface area contributed by atoms with Crippen LogP contribution in [0.1, 0.15) is 35.6 Å². The highest BCUT2D eigenvalue weighted by Gasteiger charge is 2.34. The third-order valence-electron chi connectivity index (χ3n) is 6.06. The summed E-state index contributed by atoms with van der Waals surface area (Å²) in [6.45, 7) is 1.07. The van der Waals surface area contributed by atoms with E-state index >= 15 is 0 Å². The van der Waals surface area contributed by atoms with Crippen LogP contribution in [0.4, 0.5) is 0 Å². The standard InChI is InChI=1S/C23H28N2O6/c1-25-9-8-15-11-20-22(31-13-30-20)23(29-3)21(15)17(25)12-16(24-27)6-4-14-5-7-18(26)19(10-14)28-2/h5,7,10-11,17,26-27H,4,6,8-9,12-13H2,1-3H3/b24-16+. The number of aryl methyl sites for hydroxylation is 1. The minimum atomic E-state index is -0.00606. The largest absolute Gasteiger partial charge is 0.504 e. The fourth-order valence-electron chi connectivity index (χ4n) is 4.37. The van der Waals surface area contributed by atoms with Crippen LogP contribution in [0.3, 0.4) is 0 Å². The van der Waals surface area contributed by atoms with Crippen LogP contribution >= 0.6 is 0 Å². The van der Waals surface area contributed by atoms with Crippen LogP contribution in [-0.4, -0.2) is 55.5 Å². The average Bonchev–Trinajstić information content (AvgIpc) is 3.25. The first kappa shape index (κ1) is 21.1. The molecule has 4 rings (SSSR count). The Morgan fingerprint density at radius 3 is 2.81 bits per heavy atom. The second-order valence-electron chi connectivity index (χ2n) is 7.84. The SMILES string of the molecule is COc1cc(CC/C(CC2c3c(cc4c(c3OC)OCO4)CCN2C)=N\O)ccc1O. The molecule has 0 saturated heterocycles. The van der Waals surface area contributed by atoms with Gasteiger partial charge >= 0.3 is 0 Å². The van der Waals surface area contributed by atoms with E-state index in [1.165, 1.54) is 12.7 Å². The van der Waals surface area contributed by atoms with Crippen LogP contribution in [0.5, 0.6) is 28.7 Å². The number of phenolic OH excluding ortho intramolecular Hbond substituents is 1. The Labute approximate surface area is 181 Å². The number of nitrogens with zero attached hydrogens (tertiary/aromatic N) is 2. The molecule has 2 heterocycles. The van der Waals surface area contributed by atoms with E-state index in [4.69, 9.17) is 18.9 Å². The summed E-state index contributed by atoms with van der Waals surface area (Å²) in [5.41, 5.74) is 3.92. The molecule has 0 fully saturated rings. The average molecular weight is 428 g/mol. The molecule has 2 aliphatic heterocycles. The summed E-state index contributed by atoms with van der Waals surface area (Å²) >= 11 is 0. The Morgan fingerprint density at radius 2 is 2.06 bits per heavy atom. The zero-order valence-electron chi connectivity index (χ0n) is 18.1. The minimum absolute atomic E-state index is 0.00606. The molecule has 0 spiro atoms. The molecule has 8 heteroatoms. The first-order valence-corrected chi connectivity index (χ1v) is 10.3. The summed E-state index contributed by atoms with van der Waals surface area (Å²) in [5.74, 6) is 2.59. The van der Waals surface area contributed by atoms with Crippen molar-refractivity contribution in [1.29, 1.82) is 0 Å². The normalized spacial score (nSPS) is 18.0. The number of rotatable bonds is 7. The molecule has 1 atom stereocenters. The maximum absolute atomic E-state index is 9.79. The van der Waals surface area contributed by atoms with Crippen LogP contribution < -0.4 is 18.9 Å². The molecule has 2 aliphatic rings. The quantitative estimate of drug-likeness (QED) is 0.396. The second kappa shape index (κ2) is 8.93. The van der Waals surface area contributed by atoms with Gasteiger partial charge in [-0.05, 0) is 55.6 Å². The molecule has 1 unspecified atom stereocenters. The van der Waals surface area contributed by atoms with Crippen molar-refractivity contribution in [3.05, 3.63) is 41.0 Å². The van der Waals surface area contributed by atoms with Gasteiger partial charge in [0.1, 0.15) is 0 Å². The summed E-state index contributed by atoms with van der Waals surface area (Å²) in [4.78, 5) is 2.25. The van der Waals surface area contributed by atoms with E-state index in [0.29, 0.717) is 42.2 Å². The predicted molar refractivity (Wildman–Crippen MR) is 115 cm³/mol. The van der Waals surface area contributed by atoms with Crippen molar-refractivity contribution in [2.75, 3.05) is 34.6 Å². The molecule has 2 N–H and O–H groups in total. The van der Waals surface area contributed by atoms with Gasteiger partial charge in [0.2, 0.25) is 12.5 Å². The number of oxime groups is 1. The Morgan fingerprint density at radius 1 is 1.23 bits per heavy atom. The van der Waals surface area contributed by atoms with Gasteiger partial charge in [-0.2, -0.15) is 0 Å². The van der Waals surface area contributed by atoms with Gasteiger partial charge in [-0.1, -0.05) is 11.2 Å². The van der Waals surface area contributed by atoms with Crippen molar-refractivity contribution in [2.24, 2.45) is 5.16 Å². The number of aromatic hydroxyl groups is 1. The first-order valence-electron chi connectivity index (χ1n) is 10.3. The number of fused-ring (bicyclic) bond motifs is 2. The van der Waals surface area contributed by atoms with Gasteiger partial charge in [-0.15, -0.1) is 0 Å². The highest BCUT2D eigenvalue weighted by Crippen LogP contribution is 2.50. The molecule has 0 bridgehead atoms. The topological polar surface area (TPSA) is 93.0 Å². The number of hydrogen-bond donors (Lipinski definition) is 2. The Hall–Kier alpha value is -3.13. The molecule has 8 nitrogen and oxygen atoms in total. The van der Waals surface area contributed by atoms with Crippen molar-refractivity contribution in [1.82, 2.24) is 4.90 Å². The van der Waals surface area contributed by atoms with Gasteiger partial charge in [0.25, 0.3) is 0 Å². The lowest BCUT2D eigenvalue weighted by Crippen LogP contribution is -2.34. The fraction of sp³-hybridized carbons (Fsp3) is 0.435. The molecule has 31 heavy (non-hydrogen) atoms. The number of methoxy groups -OCH3 is 2. The van der Waals surface area contributed by atoms with E-state index in [1.54, 1.807) is 19.2 Å². The maximum atomic E-state index is 9.79. The molecule has 0 aromatic heterocycles. The smallest absolute Gasteiger partial charge is 0.231 e. The molecular weight excluding hydrogens is 400 g/mol. The summed E-state index contributed by atoms with van der Waals surface area (Å²) in [7, 11) is 5.23. The Kier molecular flexibility index (Phi) is 6.08. The Bertz CT molecular complexity index is 991. The summed E-state index contributed by atoms with van der Waals surface area (Å²) in [5, 5.41) is 23.1. The molecule has 0 aliphatic carbocycles. The van der Waals surface area contributed by atoms with Crippen molar-refractivity contribution < 1.29 is 29.3 Å². The summed E-state index contributed by atoms with van der Waals surface area (Å²) in [6, 6.07) is 7.30. The fourth-order valence-corrected chi connectivity index (χ4v) is 4.37. The number of benzene rings is 2. The van der Waals surface area contributed by atoms with E-state index in [0.717, 1.165) is 29.8 Å². The molecule has 2 aromatic rings. The number of phenols is 1.